The fourth-order valence-electron chi connectivity index (χ4n) is 2.03. The Labute approximate surface area is 117 Å². The molecule has 0 aromatic heterocycles. The second-order valence-electron chi connectivity index (χ2n) is 4.91. The van der Waals surface area contributed by atoms with Crippen LogP contribution in [0.5, 0.6) is 5.75 Å². The standard InChI is InChI=1S/C15H27N3O/c1-5-10-18(12-11-17(3)4)13-8-7-9-14(15(13)16)19-6-2/h7-9H,5-6,10-12,16H2,1-4H3. The molecular weight excluding hydrogens is 238 g/mol. The lowest BCUT2D eigenvalue weighted by atomic mass is 10.2. The first-order chi connectivity index (χ1) is 9.10. The topological polar surface area (TPSA) is 41.7 Å². The van der Waals surface area contributed by atoms with Gasteiger partial charge in [0, 0.05) is 19.6 Å². The summed E-state index contributed by atoms with van der Waals surface area (Å²) in [6.07, 6.45) is 1.10. The van der Waals surface area contributed by atoms with Crippen molar-refractivity contribution in [2.45, 2.75) is 20.3 Å². The Balaban J connectivity index is 2.91. The predicted molar refractivity (Wildman–Crippen MR) is 83.1 cm³/mol. The molecule has 0 fully saturated rings. The maximum atomic E-state index is 6.23. The molecule has 0 atom stereocenters. The molecule has 0 radical (unpaired) electrons. The zero-order valence-corrected chi connectivity index (χ0v) is 12.6. The van der Waals surface area contributed by atoms with Gasteiger partial charge in [0.15, 0.2) is 0 Å². The first kappa shape index (κ1) is 15.6. The van der Waals surface area contributed by atoms with Crippen molar-refractivity contribution in [3.8, 4) is 5.75 Å². The number of para-hydroxylation sites is 1. The van der Waals surface area contributed by atoms with Gasteiger partial charge in [0.2, 0.25) is 0 Å². The zero-order chi connectivity index (χ0) is 14.3. The summed E-state index contributed by atoms with van der Waals surface area (Å²) in [6, 6.07) is 6.01. The van der Waals surface area contributed by atoms with Crippen LogP contribution in [0, 0.1) is 0 Å². The summed E-state index contributed by atoms with van der Waals surface area (Å²) in [6.45, 7) is 7.79. The first-order valence-corrected chi connectivity index (χ1v) is 7.01. The minimum atomic E-state index is 0.638. The fraction of sp³-hybridized carbons (Fsp3) is 0.600. The smallest absolute Gasteiger partial charge is 0.144 e. The summed E-state index contributed by atoms with van der Waals surface area (Å²) in [5.74, 6) is 0.783. The molecule has 108 valence electrons. The molecular formula is C15H27N3O. The SMILES string of the molecule is CCCN(CCN(C)C)c1cccc(OCC)c1N. The van der Waals surface area contributed by atoms with Gasteiger partial charge in [-0.1, -0.05) is 13.0 Å². The minimum Gasteiger partial charge on any atom is -0.492 e. The zero-order valence-electron chi connectivity index (χ0n) is 12.6. The van der Waals surface area contributed by atoms with Gasteiger partial charge in [-0.25, -0.2) is 0 Å². The summed E-state index contributed by atoms with van der Waals surface area (Å²) in [5.41, 5.74) is 8.05. The molecule has 0 saturated heterocycles. The van der Waals surface area contributed by atoms with E-state index in [2.05, 4.69) is 36.9 Å². The van der Waals surface area contributed by atoms with Crippen LogP contribution in [0.2, 0.25) is 0 Å². The van der Waals surface area contributed by atoms with E-state index in [9.17, 15) is 0 Å². The van der Waals surface area contributed by atoms with Crippen molar-refractivity contribution in [3.05, 3.63) is 18.2 Å². The molecule has 0 aliphatic carbocycles. The van der Waals surface area contributed by atoms with Crippen LogP contribution in [0.15, 0.2) is 18.2 Å². The van der Waals surface area contributed by atoms with Crippen LogP contribution >= 0.6 is 0 Å². The maximum Gasteiger partial charge on any atom is 0.144 e. The molecule has 0 saturated carbocycles. The van der Waals surface area contributed by atoms with E-state index < -0.39 is 0 Å². The minimum absolute atomic E-state index is 0.638. The lowest BCUT2D eigenvalue weighted by Gasteiger charge is -2.27. The molecule has 19 heavy (non-hydrogen) atoms. The van der Waals surface area contributed by atoms with E-state index in [1.807, 2.05) is 19.1 Å². The molecule has 0 spiro atoms. The van der Waals surface area contributed by atoms with Gasteiger partial charge in [-0.2, -0.15) is 0 Å². The summed E-state index contributed by atoms with van der Waals surface area (Å²) in [7, 11) is 4.17. The van der Waals surface area contributed by atoms with Gasteiger partial charge in [0.05, 0.1) is 18.0 Å². The number of nitrogen functional groups attached to an aromatic ring is 1. The Kier molecular flexibility index (Phi) is 6.50. The molecule has 0 unspecified atom stereocenters. The van der Waals surface area contributed by atoms with Crippen molar-refractivity contribution in [1.29, 1.82) is 0 Å². The Morgan fingerprint density at radius 1 is 1.11 bits per heavy atom. The molecule has 4 nitrogen and oxygen atoms in total. The van der Waals surface area contributed by atoms with Crippen molar-refractivity contribution >= 4 is 11.4 Å². The normalized spacial score (nSPS) is 10.8. The number of likely N-dealkylation sites (N-methyl/N-ethyl adjacent to an activating group) is 1. The lowest BCUT2D eigenvalue weighted by molar-refractivity contribution is 0.342. The van der Waals surface area contributed by atoms with E-state index in [1.54, 1.807) is 0 Å². The first-order valence-electron chi connectivity index (χ1n) is 7.01. The molecule has 0 aliphatic heterocycles. The highest BCUT2D eigenvalue weighted by atomic mass is 16.5. The number of nitrogens with zero attached hydrogens (tertiary/aromatic N) is 2. The summed E-state index contributed by atoms with van der Waals surface area (Å²) in [4.78, 5) is 4.52. The molecule has 0 heterocycles. The molecule has 1 rings (SSSR count). The van der Waals surface area contributed by atoms with Gasteiger partial charge in [-0.05, 0) is 39.6 Å². The van der Waals surface area contributed by atoms with Gasteiger partial charge in [0.25, 0.3) is 0 Å². The van der Waals surface area contributed by atoms with E-state index >= 15 is 0 Å². The third-order valence-corrected chi connectivity index (χ3v) is 2.99. The molecule has 1 aromatic carbocycles. The Morgan fingerprint density at radius 3 is 2.42 bits per heavy atom. The van der Waals surface area contributed by atoms with Crippen LogP contribution in [-0.4, -0.2) is 45.2 Å². The van der Waals surface area contributed by atoms with Gasteiger partial charge < -0.3 is 20.3 Å². The van der Waals surface area contributed by atoms with Crippen molar-refractivity contribution < 1.29 is 4.74 Å². The summed E-state index contributed by atoms with van der Waals surface area (Å²) < 4.78 is 5.57. The Morgan fingerprint density at radius 2 is 1.84 bits per heavy atom. The Hall–Kier alpha value is -1.42. The molecule has 2 N–H and O–H groups in total. The van der Waals surface area contributed by atoms with Crippen LogP contribution in [-0.2, 0) is 0 Å². The summed E-state index contributed by atoms with van der Waals surface area (Å²) >= 11 is 0. The number of rotatable bonds is 8. The van der Waals surface area contributed by atoms with Gasteiger partial charge in [0.1, 0.15) is 5.75 Å². The predicted octanol–water partition coefficient (Wildman–Crippen LogP) is 2.45. The highest BCUT2D eigenvalue weighted by Gasteiger charge is 2.12. The van der Waals surface area contributed by atoms with Crippen LogP contribution in [0.25, 0.3) is 0 Å². The Bertz CT molecular complexity index is 380. The molecule has 0 aliphatic rings. The molecule has 4 heteroatoms. The van der Waals surface area contributed by atoms with Crippen LogP contribution in [0.1, 0.15) is 20.3 Å². The van der Waals surface area contributed by atoms with E-state index in [0.29, 0.717) is 6.61 Å². The van der Waals surface area contributed by atoms with Gasteiger partial charge in [-0.15, -0.1) is 0 Å². The number of benzene rings is 1. The molecule has 0 amide bonds. The second kappa shape index (κ2) is 7.89. The third-order valence-electron chi connectivity index (χ3n) is 2.99. The highest BCUT2D eigenvalue weighted by molar-refractivity contribution is 5.74. The van der Waals surface area contributed by atoms with Crippen molar-refractivity contribution in [3.63, 3.8) is 0 Å². The van der Waals surface area contributed by atoms with Crippen molar-refractivity contribution in [1.82, 2.24) is 4.90 Å². The number of hydrogen-bond donors (Lipinski definition) is 1. The van der Waals surface area contributed by atoms with Crippen LogP contribution in [0.4, 0.5) is 11.4 Å². The van der Waals surface area contributed by atoms with Crippen LogP contribution in [0.3, 0.4) is 0 Å². The second-order valence-corrected chi connectivity index (χ2v) is 4.91. The van der Waals surface area contributed by atoms with E-state index in [1.165, 1.54) is 0 Å². The summed E-state index contributed by atoms with van der Waals surface area (Å²) in [5, 5.41) is 0. The van der Waals surface area contributed by atoms with E-state index in [-0.39, 0.29) is 0 Å². The molecule has 0 bridgehead atoms. The number of hydrogen-bond acceptors (Lipinski definition) is 4. The van der Waals surface area contributed by atoms with E-state index in [0.717, 1.165) is 43.2 Å². The maximum absolute atomic E-state index is 6.23. The van der Waals surface area contributed by atoms with E-state index in [4.69, 9.17) is 10.5 Å². The molecule has 1 aromatic rings. The van der Waals surface area contributed by atoms with Gasteiger partial charge >= 0.3 is 0 Å². The average molecular weight is 265 g/mol. The highest BCUT2D eigenvalue weighted by Crippen LogP contribution is 2.32. The van der Waals surface area contributed by atoms with Gasteiger partial charge in [-0.3, -0.25) is 0 Å². The third kappa shape index (κ3) is 4.63. The fourth-order valence-corrected chi connectivity index (χ4v) is 2.03. The quantitative estimate of drug-likeness (QED) is 0.733. The largest absolute Gasteiger partial charge is 0.492 e. The monoisotopic (exact) mass is 265 g/mol. The van der Waals surface area contributed by atoms with Crippen LogP contribution < -0.4 is 15.4 Å². The average Bonchev–Trinajstić information content (AvgIpc) is 2.37. The van der Waals surface area contributed by atoms with Crippen molar-refractivity contribution in [2.24, 2.45) is 0 Å². The number of ether oxygens (including phenoxy) is 1. The van der Waals surface area contributed by atoms with Crippen molar-refractivity contribution in [2.75, 3.05) is 51.0 Å². The number of nitrogens with two attached hydrogens (primary N) is 1. The lowest BCUT2D eigenvalue weighted by Crippen LogP contribution is -2.32. The number of anilines is 2.